The lowest BCUT2D eigenvalue weighted by Gasteiger charge is -2.44. The maximum atomic E-state index is 13.9. The maximum absolute atomic E-state index is 13.9. The van der Waals surface area contributed by atoms with Crippen LogP contribution in [-0.2, 0) is 9.59 Å². The Labute approximate surface area is 189 Å². The molecule has 220 valence electrons. The van der Waals surface area contributed by atoms with Crippen LogP contribution < -0.4 is 0 Å². The van der Waals surface area contributed by atoms with E-state index in [1.165, 1.54) is 0 Å². The number of rotatable bonds is 11. The molecular weight excluding hydrogens is 593 g/mol. The maximum Gasteiger partial charge on any atom is 0.460 e. The fraction of sp³-hybridized carbons (Fsp3) is 0.857. The van der Waals surface area contributed by atoms with Crippen LogP contribution in [0.4, 0.5) is 83.4 Å². The lowest BCUT2D eigenvalue weighted by Crippen LogP contribution is -2.76. The zero-order chi connectivity index (χ0) is 30.8. The second-order valence-electron chi connectivity index (χ2n) is 7.08. The van der Waals surface area contributed by atoms with Crippen molar-refractivity contribution in [1.29, 1.82) is 0 Å². The zero-order valence-electron chi connectivity index (χ0n) is 16.5. The van der Waals surface area contributed by atoms with Crippen molar-refractivity contribution in [2.24, 2.45) is 11.8 Å². The van der Waals surface area contributed by atoms with Gasteiger partial charge in [0.15, 0.2) is 5.92 Å². The van der Waals surface area contributed by atoms with Crippen LogP contribution in [0, 0.1) is 11.8 Å². The summed E-state index contributed by atoms with van der Waals surface area (Å²) in [6.07, 6.45) is -8.00. The van der Waals surface area contributed by atoms with Crippen molar-refractivity contribution in [1.82, 2.24) is 0 Å². The average molecular weight is 600 g/mol. The molecule has 0 fully saturated rings. The molecule has 0 spiro atoms. The fourth-order valence-corrected chi connectivity index (χ4v) is 2.40. The number of aliphatic carboxylic acids is 2. The molecule has 0 aromatic carbocycles. The summed E-state index contributed by atoms with van der Waals surface area (Å²) in [6, 6.07) is 0. The summed E-state index contributed by atoms with van der Waals surface area (Å²) >= 11 is 0. The molecule has 4 nitrogen and oxygen atoms in total. The fourth-order valence-electron chi connectivity index (χ4n) is 2.40. The SMILES string of the molecule is CC(C(C(=O)O)C(=O)O)C(F)(F)C(F)(F)C(F)(F)C(F)(F)C(F)(F)C(F)(F)C(F)(F)C(F)(F)C(F)(F)F. The lowest BCUT2D eigenvalue weighted by atomic mass is 9.80. The molecule has 0 bridgehead atoms. The minimum Gasteiger partial charge on any atom is -0.481 e. The number of carboxylic acid groups (broad SMARTS) is 2. The predicted octanol–water partition coefficient (Wildman–Crippen LogP) is 6.05. The molecule has 0 rings (SSSR count). The monoisotopic (exact) mass is 600 g/mol. The first-order valence-corrected chi connectivity index (χ1v) is 8.22. The summed E-state index contributed by atoms with van der Waals surface area (Å²) < 4.78 is 251. The van der Waals surface area contributed by atoms with Crippen LogP contribution >= 0.6 is 0 Å². The van der Waals surface area contributed by atoms with Gasteiger partial charge >= 0.3 is 65.5 Å². The molecule has 2 N–H and O–H groups in total. The van der Waals surface area contributed by atoms with Gasteiger partial charge in [-0.05, 0) is 0 Å². The Bertz CT molecular complexity index is 876. The Hall–Kier alpha value is -2.39. The van der Waals surface area contributed by atoms with E-state index in [9.17, 15) is 93.0 Å². The number of hydrogen-bond acceptors (Lipinski definition) is 2. The summed E-state index contributed by atoms with van der Waals surface area (Å²) in [6.45, 7) is -0.695. The van der Waals surface area contributed by atoms with Crippen molar-refractivity contribution >= 4 is 11.9 Å². The van der Waals surface area contributed by atoms with E-state index in [1.807, 2.05) is 0 Å². The van der Waals surface area contributed by atoms with Gasteiger partial charge in [-0.15, -0.1) is 0 Å². The van der Waals surface area contributed by atoms with Crippen LogP contribution in [0.1, 0.15) is 6.92 Å². The van der Waals surface area contributed by atoms with Gasteiger partial charge in [0.25, 0.3) is 0 Å². The third-order valence-electron chi connectivity index (χ3n) is 4.74. The molecule has 0 aliphatic rings. The molecule has 0 aromatic heterocycles. The van der Waals surface area contributed by atoms with Crippen LogP contribution in [0.15, 0.2) is 0 Å². The van der Waals surface area contributed by atoms with E-state index in [4.69, 9.17) is 10.2 Å². The highest BCUT2D eigenvalue weighted by molar-refractivity contribution is 5.93. The first-order chi connectivity index (χ1) is 15.7. The van der Waals surface area contributed by atoms with Gasteiger partial charge in [-0.1, -0.05) is 6.92 Å². The van der Waals surface area contributed by atoms with E-state index in [1.54, 1.807) is 0 Å². The van der Waals surface area contributed by atoms with Crippen molar-refractivity contribution in [2.45, 2.75) is 60.5 Å². The topological polar surface area (TPSA) is 74.6 Å². The minimum absolute atomic E-state index is 0.695. The van der Waals surface area contributed by atoms with Gasteiger partial charge in [0, 0.05) is 0 Å². The summed E-state index contributed by atoms with van der Waals surface area (Å²) in [7, 11) is 0. The summed E-state index contributed by atoms with van der Waals surface area (Å²) in [5.41, 5.74) is 0. The highest BCUT2D eigenvalue weighted by Gasteiger charge is 2.96. The van der Waals surface area contributed by atoms with E-state index in [-0.39, 0.29) is 0 Å². The van der Waals surface area contributed by atoms with Crippen molar-refractivity contribution in [3.63, 3.8) is 0 Å². The van der Waals surface area contributed by atoms with E-state index >= 15 is 0 Å². The molecule has 0 aromatic rings. The minimum atomic E-state index is -9.12. The molecule has 0 saturated heterocycles. The van der Waals surface area contributed by atoms with E-state index in [0.29, 0.717) is 0 Å². The Morgan fingerprint density at radius 3 is 0.892 bits per heavy atom. The first-order valence-electron chi connectivity index (χ1n) is 8.22. The number of carboxylic acids is 2. The molecule has 0 radical (unpaired) electrons. The highest BCUT2D eigenvalue weighted by Crippen LogP contribution is 2.65. The molecule has 0 heterocycles. The number of carbonyl (C=O) groups is 2. The lowest BCUT2D eigenvalue weighted by molar-refractivity contribution is -0.470. The van der Waals surface area contributed by atoms with Crippen LogP contribution in [0.2, 0.25) is 0 Å². The Morgan fingerprint density at radius 1 is 0.459 bits per heavy atom. The van der Waals surface area contributed by atoms with Gasteiger partial charge in [-0.25, -0.2) is 0 Å². The van der Waals surface area contributed by atoms with Crippen LogP contribution in [-0.4, -0.2) is 75.7 Å². The van der Waals surface area contributed by atoms with E-state index in [2.05, 4.69) is 0 Å². The Balaban J connectivity index is 7.10. The van der Waals surface area contributed by atoms with Gasteiger partial charge < -0.3 is 10.2 Å². The Morgan fingerprint density at radius 2 is 0.676 bits per heavy atom. The number of alkyl halides is 19. The highest BCUT2D eigenvalue weighted by atomic mass is 19.4. The second-order valence-corrected chi connectivity index (χ2v) is 7.08. The van der Waals surface area contributed by atoms with Gasteiger partial charge in [0.2, 0.25) is 0 Å². The van der Waals surface area contributed by atoms with Crippen LogP contribution in [0.25, 0.3) is 0 Å². The van der Waals surface area contributed by atoms with E-state index < -0.39 is 84.3 Å². The molecule has 1 atom stereocenters. The Kier molecular flexibility index (Phi) is 8.26. The first kappa shape index (κ1) is 34.6. The number of hydrogen-bond donors (Lipinski definition) is 2. The molecular formula is C14H7F19O4. The van der Waals surface area contributed by atoms with Gasteiger partial charge in [0.1, 0.15) is 0 Å². The summed E-state index contributed by atoms with van der Waals surface area (Å²) in [4.78, 5) is 21.2. The van der Waals surface area contributed by atoms with Crippen molar-refractivity contribution in [2.75, 3.05) is 0 Å². The standard InChI is InChI=1S/C14H7F19O4/c1-2(3(4(34)35)5(36)37)6(15,16)7(17,18)8(19,20)9(21,22)10(23,24)11(25,26)12(27,28)13(29,30)14(31,32)33/h2-3H,1H3,(H,34,35)(H,36,37). The molecule has 23 heteroatoms. The molecule has 0 saturated carbocycles. The normalized spacial score (nSPS) is 16.7. The quantitative estimate of drug-likeness (QED) is 0.224. The van der Waals surface area contributed by atoms with Crippen LogP contribution in [0.3, 0.4) is 0 Å². The summed E-state index contributed by atoms with van der Waals surface area (Å²) in [5.74, 6) is -83.3. The zero-order valence-corrected chi connectivity index (χ0v) is 16.5. The predicted molar refractivity (Wildman–Crippen MR) is 73.6 cm³/mol. The average Bonchev–Trinajstić information content (AvgIpc) is 2.65. The largest absolute Gasteiger partial charge is 0.481 e. The van der Waals surface area contributed by atoms with Crippen LogP contribution in [0.5, 0.6) is 0 Å². The molecule has 37 heavy (non-hydrogen) atoms. The summed E-state index contributed by atoms with van der Waals surface area (Å²) in [5, 5.41) is 16.8. The second kappa shape index (κ2) is 8.83. The van der Waals surface area contributed by atoms with Crippen molar-refractivity contribution in [3.8, 4) is 0 Å². The van der Waals surface area contributed by atoms with Crippen molar-refractivity contribution in [3.05, 3.63) is 0 Å². The molecule has 0 aliphatic carbocycles. The molecule has 1 unspecified atom stereocenters. The third kappa shape index (κ3) is 4.38. The van der Waals surface area contributed by atoms with Gasteiger partial charge in [-0.2, -0.15) is 83.4 Å². The van der Waals surface area contributed by atoms with Gasteiger partial charge in [0.05, 0.1) is 5.92 Å². The molecule has 0 aliphatic heterocycles. The van der Waals surface area contributed by atoms with E-state index in [0.717, 1.165) is 0 Å². The van der Waals surface area contributed by atoms with Gasteiger partial charge in [-0.3, -0.25) is 9.59 Å². The molecule has 0 amide bonds. The third-order valence-corrected chi connectivity index (χ3v) is 4.74. The number of halogens is 19. The smallest absolute Gasteiger partial charge is 0.460 e. The van der Waals surface area contributed by atoms with Crippen molar-refractivity contribution < 1.29 is 103 Å².